The van der Waals surface area contributed by atoms with Gasteiger partial charge in [-0.15, -0.1) is 0 Å². The molecule has 5 nitrogen and oxygen atoms in total. The van der Waals surface area contributed by atoms with Crippen molar-refractivity contribution in [3.05, 3.63) is 35.9 Å². The minimum Gasteiger partial charge on any atom is -0.480 e. The molecule has 16 heavy (non-hydrogen) atoms. The summed E-state index contributed by atoms with van der Waals surface area (Å²) in [5.41, 5.74) is 0.956. The zero-order chi connectivity index (χ0) is 11.8. The van der Waals surface area contributed by atoms with E-state index in [4.69, 9.17) is 9.84 Å². The minimum atomic E-state index is -1.11. The molecule has 0 saturated carbocycles. The van der Waals surface area contributed by atoms with Crippen LogP contribution in [0.15, 0.2) is 30.3 Å². The fraction of sp³-hybridized carbons (Fsp3) is 0.273. The maximum absolute atomic E-state index is 10.6. The number of benzene rings is 1. The van der Waals surface area contributed by atoms with E-state index in [9.17, 15) is 9.59 Å². The molecule has 0 heterocycles. The molecule has 5 heteroatoms. The van der Waals surface area contributed by atoms with Crippen molar-refractivity contribution >= 4 is 12.4 Å². The number of hydrogen-bond donors (Lipinski definition) is 2. The molecule has 86 valence electrons. The van der Waals surface area contributed by atoms with Crippen LogP contribution in [0.25, 0.3) is 0 Å². The zero-order valence-corrected chi connectivity index (χ0v) is 8.63. The van der Waals surface area contributed by atoms with E-state index < -0.39 is 12.0 Å². The van der Waals surface area contributed by atoms with Crippen molar-refractivity contribution in [1.82, 2.24) is 5.32 Å². The summed E-state index contributed by atoms with van der Waals surface area (Å²) in [6.45, 7) is 0.272. The molecule has 0 spiro atoms. The second-order valence-corrected chi connectivity index (χ2v) is 3.18. The normalized spacial score (nSPS) is 11.8. The molecule has 2 N–H and O–H groups in total. The minimum absolute atomic E-state index is 0.0526. The van der Waals surface area contributed by atoms with E-state index in [0.29, 0.717) is 13.0 Å². The van der Waals surface area contributed by atoms with Crippen LogP contribution in [0.1, 0.15) is 5.56 Å². The fourth-order valence-corrected chi connectivity index (χ4v) is 1.14. The summed E-state index contributed by atoms with van der Waals surface area (Å²) >= 11 is 0. The number of amides is 1. The zero-order valence-electron chi connectivity index (χ0n) is 8.63. The summed E-state index contributed by atoms with van der Waals surface area (Å²) in [7, 11) is 0. The van der Waals surface area contributed by atoms with Gasteiger partial charge in [-0.05, 0) is 5.56 Å². The highest BCUT2D eigenvalue weighted by Gasteiger charge is 2.15. The molecule has 0 aromatic heterocycles. The quantitative estimate of drug-likeness (QED) is 0.656. The Morgan fingerprint density at radius 2 is 2.12 bits per heavy atom. The first-order valence-electron chi connectivity index (χ1n) is 4.78. The average Bonchev–Trinajstić information content (AvgIpc) is 2.29. The third-order valence-electron chi connectivity index (χ3n) is 1.96. The predicted octanol–water partition coefficient (Wildman–Crippen LogP) is 0.402. The second kappa shape index (κ2) is 6.58. The van der Waals surface area contributed by atoms with Gasteiger partial charge in [0, 0.05) is 0 Å². The number of aliphatic carboxylic acids is 1. The van der Waals surface area contributed by atoms with E-state index in [1.807, 2.05) is 30.3 Å². The van der Waals surface area contributed by atoms with Crippen LogP contribution in [-0.2, 0) is 20.9 Å². The smallest absolute Gasteiger partial charge is 0.328 e. The van der Waals surface area contributed by atoms with E-state index in [1.165, 1.54) is 0 Å². The Morgan fingerprint density at radius 3 is 2.69 bits per heavy atom. The maximum Gasteiger partial charge on any atom is 0.328 e. The number of carbonyl (C=O) groups is 2. The van der Waals surface area contributed by atoms with Gasteiger partial charge in [0.05, 0.1) is 13.2 Å². The van der Waals surface area contributed by atoms with Gasteiger partial charge in [0.1, 0.15) is 6.04 Å². The third-order valence-corrected chi connectivity index (χ3v) is 1.96. The van der Waals surface area contributed by atoms with Crippen LogP contribution in [0, 0.1) is 0 Å². The first kappa shape index (κ1) is 12.2. The van der Waals surface area contributed by atoms with E-state index >= 15 is 0 Å². The Bertz CT molecular complexity index is 339. The van der Waals surface area contributed by atoms with Gasteiger partial charge in [-0.3, -0.25) is 4.79 Å². The first-order chi connectivity index (χ1) is 7.74. The molecule has 1 atom stereocenters. The molecule has 0 aliphatic rings. The number of hydrogen-bond acceptors (Lipinski definition) is 3. The molecule has 0 aliphatic carbocycles. The van der Waals surface area contributed by atoms with Crippen molar-refractivity contribution < 1.29 is 19.4 Å². The van der Waals surface area contributed by atoms with Crippen LogP contribution >= 0.6 is 0 Å². The molecule has 1 unspecified atom stereocenters. The molecule has 0 fully saturated rings. The molecule has 1 amide bonds. The van der Waals surface area contributed by atoms with Gasteiger partial charge in [-0.2, -0.15) is 0 Å². The number of carboxylic acids is 1. The highest BCUT2D eigenvalue weighted by molar-refractivity contribution is 5.76. The summed E-state index contributed by atoms with van der Waals surface area (Å²) < 4.78 is 5.19. The van der Waals surface area contributed by atoms with Crippen molar-refractivity contribution in [2.45, 2.75) is 12.6 Å². The average molecular weight is 223 g/mol. The standard InChI is InChI=1S/C11H13NO4/c13-8-12-10(11(14)15)7-16-6-9-4-2-1-3-5-9/h1-5,8,10H,6-7H2,(H,12,13)(H,14,15). The lowest BCUT2D eigenvalue weighted by molar-refractivity contribution is -0.142. The lowest BCUT2D eigenvalue weighted by Gasteiger charge is -2.11. The summed E-state index contributed by atoms with van der Waals surface area (Å²) in [5, 5.41) is 10.9. The lowest BCUT2D eigenvalue weighted by Crippen LogP contribution is -2.39. The second-order valence-electron chi connectivity index (χ2n) is 3.18. The Balaban J connectivity index is 2.33. The van der Waals surface area contributed by atoms with Gasteiger partial charge in [-0.25, -0.2) is 4.79 Å². The van der Waals surface area contributed by atoms with Gasteiger partial charge in [0.15, 0.2) is 0 Å². The summed E-state index contributed by atoms with van der Waals surface area (Å²) in [6.07, 6.45) is 0.352. The van der Waals surface area contributed by atoms with Crippen molar-refractivity contribution in [2.24, 2.45) is 0 Å². The number of ether oxygens (including phenoxy) is 1. The summed E-state index contributed by atoms with van der Waals surface area (Å²) in [5.74, 6) is -1.11. The van der Waals surface area contributed by atoms with Gasteiger partial charge in [0.25, 0.3) is 0 Å². The van der Waals surface area contributed by atoms with Crippen LogP contribution in [0.2, 0.25) is 0 Å². The molecule has 0 radical (unpaired) electrons. The molecule has 0 saturated heterocycles. The molecular formula is C11H13NO4. The van der Waals surface area contributed by atoms with Crippen molar-refractivity contribution in [1.29, 1.82) is 0 Å². The van der Waals surface area contributed by atoms with Gasteiger partial charge < -0.3 is 15.2 Å². The Hall–Kier alpha value is -1.88. The van der Waals surface area contributed by atoms with E-state index in [1.54, 1.807) is 0 Å². The van der Waals surface area contributed by atoms with Crippen molar-refractivity contribution in [2.75, 3.05) is 6.61 Å². The van der Waals surface area contributed by atoms with Gasteiger partial charge >= 0.3 is 5.97 Å². The van der Waals surface area contributed by atoms with E-state index in [-0.39, 0.29) is 6.61 Å². The predicted molar refractivity (Wildman–Crippen MR) is 56.7 cm³/mol. The van der Waals surface area contributed by atoms with Crippen LogP contribution in [0.4, 0.5) is 0 Å². The monoisotopic (exact) mass is 223 g/mol. The summed E-state index contributed by atoms with van der Waals surface area (Å²) in [6, 6.07) is 8.39. The third kappa shape index (κ3) is 4.10. The van der Waals surface area contributed by atoms with Gasteiger partial charge in [0.2, 0.25) is 6.41 Å². The molecule has 1 aromatic rings. The van der Waals surface area contributed by atoms with Crippen LogP contribution in [0.3, 0.4) is 0 Å². The number of rotatable bonds is 7. The van der Waals surface area contributed by atoms with Crippen LogP contribution in [-0.4, -0.2) is 30.1 Å². The van der Waals surface area contributed by atoms with Crippen molar-refractivity contribution in [3.8, 4) is 0 Å². The first-order valence-corrected chi connectivity index (χ1v) is 4.78. The summed E-state index contributed by atoms with van der Waals surface area (Å²) in [4.78, 5) is 20.8. The van der Waals surface area contributed by atoms with E-state index in [0.717, 1.165) is 5.56 Å². The number of nitrogens with one attached hydrogen (secondary N) is 1. The highest BCUT2D eigenvalue weighted by atomic mass is 16.5. The molecule has 0 bridgehead atoms. The van der Waals surface area contributed by atoms with Crippen LogP contribution < -0.4 is 5.32 Å². The molecule has 0 aliphatic heterocycles. The topological polar surface area (TPSA) is 75.6 Å². The molecular weight excluding hydrogens is 210 g/mol. The maximum atomic E-state index is 10.6. The van der Waals surface area contributed by atoms with Gasteiger partial charge in [-0.1, -0.05) is 30.3 Å². The SMILES string of the molecule is O=CNC(COCc1ccccc1)C(=O)O. The van der Waals surface area contributed by atoms with Crippen LogP contribution in [0.5, 0.6) is 0 Å². The lowest BCUT2D eigenvalue weighted by atomic mass is 10.2. The Labute approximate surface area is 93.0 Å². The largest absolute Gasteiger partial charge is 0.480 e. The molecule has 1 aromatic carbocycles. The number of carbonyl (C=O) groups excluding carboxylic acids is 1. The van der Waals surface area contributed by atoms with E-state index in [2.05, 4.69) is 5.32 Å². The highest BCUT2D eigenvalue weighted by Crippen LogP contribution is 2.00. The Morgan fingerprint density at radius 1 is 1.44 bits per heavy atom. The van der Waals surface area contributed by atoms with Crippen molar-refractivity contribution in [3.63, 3.8) is 0 Å². The fourth-order valence-electron chi connectivity index (χ4n) is 1.14. The Kier molecular flexibility index (Phi) is 5.01. The number of carboxylic acid groups (broad SMARTS) is 1. The molecule has 1 rings (SSSR count).